The smallest absolute Gasteiger partial charge is 0.255 e. The molecule has 2 aromatic heterocycles. The van der Waals surface area contributed by atoms with Crippen LogP contribution < -0.4 is 0 Å². The summed E-state index contributed by atoms with van der Waals surface area (Å²) in [5.41, 5.74) is 1.46. The number of hydrogen-bond acceptors (Lipinski definition) is 6. The first-order chi connectivity index (χ1) is 13.0. The fourth-order valence-electron chi connectivity index (χ4n) is 4.15. The molecule has 0 saturated carbocycles. The van der Waals surface area contributed by atoms with Gasteiger partial charge in [0.15, 0.2) is 0 Å². The molecule has 2 fully saturated rings. The average molecular weight is 370 g/mol. The van der Waals surface area contributed by atoms with E-state index in [0.717, 1.165) is 18.5 Å². The molecule has 0 bridgehead atoms. The van der Waals surface area contributed by atoms with Crippen LogP contribution in [-0.4, -0.2) is 52.3 Å². The lowest BCUT2D eigenvalue weighted by Gasteiger charge is -2.36. The van der Waals surface area contributed by atoms with Crippen molar-refractivity contribution in [1.29, 1.82) is 0 Å². The highest BCUT2D eigenvalue weighted by atomic mass is 16.5. The molecule has 0 aliphatic carbocycles. The van der Waals surface area contributed by atoms with Gasteiger partial charge in [-0.05, 0) is 31.9 Å². The molecule has 0 N–H and O–H groups in total. The number of aryl methyl sites for hydroxylation is 1. The van der Waals surface area contributed by atoms with Crippen LogP contribution in [0.1, 0.15) is 66.4 Å². The maximum absolute atomic E-state index is 13.1. The van der Waals surface area contributed by atoms with Gasteiger partial charge in [-0.3, -0.25) is 9.78 Å². The first kappa shape index (κ1) is 18.1. The van der Waals surface area contributed by atoms with Gasteiger partial charge in [0.1, 0.15) is 0 Å². The maximum atomic E-state index is 13.1. The third-order valence-electron chi connectivity index (χ3n) is 5.83. The number of rotatable bonds is 3. The SMILES string of the molecule is Cc1ccc(C(=O)N2CC(c3nnc(C(C)C)o3)C3(CCOCC3)C2)cn1. The van der Waals surface area contributed by atoms with E-state index in [-0.39, 0.29) is 23.2 Å². The van der Waals surface area contributed by atoms with Crippen molar-refractivity contribution in [1.82, 2.24) is 20.1 Å². The van der Waals surface area contributed by atoms with E-state index < -0.39 is 0 Å². The van der Waals surface area contributed by atoms with Crippen LogP contribution in [0.3, 0.4) is 0 Å². The van der Waals surface area contributed by atoms with Gasteiger partial charge in [0.2, 0.25) is 11.8 Å². The van der Waals surface area contributed by atoms with Crippen LogP contribution >= 0.6 is 0 Å². The Morgan fingerprint density at radius 3 is 2.67 bits per heavy atom. The third-order valence-corrected chi connectivity index (χ3v) is 5.83. The Morgan fingerprint density at radius 1 is 1.26 bits per heavy atom. The Hall–Kier alpha value is -2.28. The third kappa shape index (κ3) is 3.36. The van der Waals surface area contributed by atoms with Crippen molar-refractivity contribution in [3.05, 3.63) is 41.4 Å². The van der Waals surface area contributed by atoms with Gasteiger partial charge in [-0.1, -0.05) is 13.8 Å². The van der Waals surface area contributed by atoms with Crippen molar-refractivity contribution in [3.63, 3.8) is 0 Å². The molecule has 1 amide bonds. The Bertz CT molecular complexity index is 809. The number of amides is 1. The highest BCUT2D eigenvalue weighted by Gasteiger charge is 2.51. The van der Waals surface area contributed by atoms with Crippen LogP contribution in [0.5, 0.6) is 0 Å². The maximum Gasteiger partial charge on any atom is 0.255 e. The van der Waals surface area contributed by atoms with E-state index in [0.29, 0.717) is 43.6 Å². The minimum atomic E-state index is -0.0627. The predicted molar refractivity (Wildman–Crippen MR) is 98.5 cm³/mol. The second-order valence-electron chi connectivity index (χ2n) is 8.03. The number of ether oxygens (including phenoxy) is 1. The molecular weight excluding hydrogens is 344 g/mol. The molecule has 0 aromatic carbocycles. The molecular formula is C20H26N4O3. The fraction of sp³-hybridized carbons (Fsp3) is 0.600. The minimum absolute atomic E-state index is 0.0134. The molecule has 2 saturated heterocycles. The number of pyridine rings is 1. The van der Waals surface area contributed by atoms with Crippen molar-refractivity contribution in [3.8, 4) is 0 Å². The highest BCUT2D eigenvalue weighted by Crippen LogP contribution is 2.49. The molecule has 0 radical (unpaired) electrons. The van der Waals surface area contributed by atoms with Crippen molar-refractivity contribution < 1.29 is 13.9 Å². The van der Waals surface area contributed by atoms with Gasteiger partial charge in [0.25, 0.3) is 5.91 Å². The molecule has 1 spiro atoms. The van der Waals surface area contributed by atoms with Crippen molar-refractivity contribution >= 4 is 5.91 Å². The molecule has 2 aliphatic heterocycles. The second-order valence-corrected chi connectivity index (χ2v) is 8.03. The summed E-state index contributed by atoms with van der Waals surface area (Å²) in [6.07, 6.45) is 3.45. The van der Waals surface area contributed by atoms with Gasteiger partial charge < -0.3 is 14.1 Å². The second kappa shape index (κ2) is 7.03. The summed E-state index contributed by atoms with van der Waals surface area (Å²) in [6, 6.07) is 3.72. The van der Waals surface area contributed by atoms with E-state index in [4.69, 9.17) is 9.15 Å². The first-order valence-corrected chi connectivity index (χ1v) is 9.61. The van der Waals surface area contributed by atoms with E-state index in [9.17, 15) is 4.79 Å². The zero-order valence-electron chi connectivity index (χ0n) is 16.1. The minimum Gasteiger partial charge on any atom is -0.425 e. The lowest BCUT2D eigenvalue weighted by atomic mass is 9.72. The van der Waals surface area contributed by atoms with Crippen molar-refractivity contribution in [2.75, 3.05) is 26.3 Å². The molecule has 1 unspecified atom stereocenters. The Morgan fingerprint density at radius 2 is 2.04 bits per heavy atom. The van der Waals surface area contributed by atoms with Crippen LogP contribution in [0.2, 0.25) is 0 Å². The van der Waals surface area contributed by atoms with E-state index in [1.807, 2.05) is 37.8 Å². The molecule has 7 nitrogen and oxygen atoms in total. The zero-order valence-corrected chi connectivity index (χ0v) is 16.1. The highest BCUT2D eigenvalue weighted by molar-refractivity contribution is 5.94. The Kier molecular flexibility index (Phi) is 4.72. The van der Waals surface area contributed by atoms with E-state index in [2.05, 4.69) is 15.2 Å². The molecule has 4 rings (SSSR count). The zero-order chi connectivity index (χ0) is 19.0. The quantitative estimate of drug-likeness (QED) is 0.826. The van der Waals surface area contributed by atoms with Gasteiger partial charge in [0.05, 0.1) is 11.5 Å². The summed E-state index contributed by atoms with van der Waals surface area (Å²) in [5.74, 6) is 1.55. The van der Waals surface area contributed by atoms with Gasteiger partial charge in [-0.2, -0.15) is 0 Å². The molecule has 2 aliphatic rings. The van der Waals surface area contributed by atoms with Crippen LogP contribution in [0.15, 0.2) is 22.7 Å². The van der Waals surface area contributed by atoms with Crippen LogP contribution in [0.4, 0.5) is 0 Å². The molecule has 2 aromatic rings. The van der Waals surface area contributed by atoms with Gasteiger partial charge in [-0.25, -0.2) is 0 Å². The van der Waals surface area contributed by atoms with E-state index >= 15 is 0 Å². The Balaban J connectivity index is 1.62. The summed E-state index contributed by atoms with van der Waals surface area (Å²) in [7, 11) is 0. The molecule has 4 heterocycles. The molecule has 1 atom stereocenters. The fourth-order valence-corrected chi connectivity index (χ4v) is 4.15. The molecule has 7 heteroatoms. The largest absolute Gasteiger partial charge is 0.425 e. The van der Waals surface area contributed by atoms with E-state index in [1.165, 1.54) is 0 Å². The summed E-state index contributed by atoms with van der Waals surface area (Å²) in [4.78, 5) is 19.2. The van der Waals surface area contributed by atoms with Gasteiger partial charge >= 0.3 is 0 Å². The number of carbonyl (C=O) groups excluding carboxylic acids is 1. The summed E-state index contributed by atoms with van der Waals surface area (Å²) >= 11 is 0. The van der Waals surface area contributed by atoms with Crippen molar-refractivity contribution in [2.24, 2.45) is 5.41 Å². The monoisotopic (exact) mass is 370 g/mol. The lowest BCUT2D eigenvalue weighted by molar-refractivity contribution is 0.00887. The molecule has 144 valence electrons. The number of hydrogen-bond donors (Lipinski definition) is 0. The van der Waals surface area contributed by atoms with E-state index in [1.54, 1.807) is 6.20 Å². The van der Waals surface area contributed by atoms with Gasteiger partial charge in [-0.15, -0.1) is 10.2 Å². The van der Waals surface area contributed by atoms with Gasteiger partial charge in [0, 0.05) is 49.5 Å². The topological polar surface area (TPSA) is 81.4 Å². The average Bonchev–Trinajstić information content (AvgIpc) is 3.28. The lowest BCUT2D eigenvalue weighted by Crippen LogP contribution is -2.37. The van der Waals surface area contributed by atoms with Crippen LogP contribution in [0.25, 0.3) is 0 Å². The summed E-state index contributed by atoms with van der Waals surface area (Å²) in [5, 5.41) is 8.55. The standard InChI is InChI=1S/C20H26N4O3/c1-13(2)17-22-23-18(27-17)16-11-24(12-20(16)6-8-26-9-7-20)19(25)15-5-4-14(3)21-10-15/h4-5,10,13,16H,6-9,11-12H2,1-3H3. The van der Waals surface area contributed by atoms with Crippen LogP contribution in [-0.2, 0) is 4.74 Å². The Labute approximate surface area is 159 Å². The number of likely N-dealkylation sites (tertiary alicyclic amines) is 1. The molecule has 27 heavy (non-hydrogen) atoms. The predicted octanol–water partition coefficient (Wildman–Crippen LogP) is 2.93. The number of nitrogens with zero attached hydrogens (tertiary/aromatic N) is 4. The number of carbonyl (C=O) groups is 1. The number of aromatic nitrogens is 3. The van der Waals surface area contributed by atoms with Crippen LogP contribution in [0, 0.1) is 12.3 Å². The first-order valence-electron chi connectivity index (χ1n) is 9.61. The summed E-state index contributed by atoms with van der Waals surface area (Å²) in [6.45, 7) is 8.68. The summed E-state index contributed by atoms with van der Waals surface area (Å²) < 4.78 is 11.6. The van der Waals surface area contributed by atoms with Crippen molar-refractivity contribution in [2.45, 2.75) is 45.4 Å². The normalized spacial score (nSPS) is 21.9.